The van der Waals surface area contributed by atoms with Crippen molar-refractivity contribution in [3.63, 3.8) is 0 Å². The molecule has 1 aliphatic rings. The van der Waals surface area contributed by atoms with Crippen LogP contribution in [-0.4, -0.2) is 32.8 Å². The molecule has 3 heterocycles. The summed E-state index contributed by atoms with van der Waals surface area (Å²) in [6.07, 6.45) is 8.29. The van der Waals surface area contributed by atoms with E-state index in [1.807, 2.05) is 35.4 Å². The van der Waals surface area contributed by atoms with Crippen LogP contribution in [0.5, 0.6) is 0 Å². The molecule has 1 fully saturated rings. The van der Waals surface area contributed by atoms with Gasteiger partial charge in [0.2, 0.25) is 0 Å². The van der Waals surface area contributed by atoms with Gasteiger partial charge in [0.15, 0.2) is 0 Å². The van der Waals surface area contributed by atoms with Crippen molar-refractivity contribution in [3.8, 4) is 11.3 Å². The first-order valence-electron chi connectivity index (χ1n) is 8.38. The summed E-state index contributed by atoms with van der Waals surface area (Å²) >= 11 is 0. The number of anilines is 1. The van der Waals surface area contributed by atoms with Crippen LogP contribution in [-0.2, 0) is 0 Å². The Labute approximate surface area is 145 Å². The van der Waals surface area contributed by atoms with Gasteiger partial charge in [-0.05, 0) is 31.4 Å². The fraction of sp³-hybridized carbons (Fsp3) is 0.278. The summed E-state index contributed by atoms with van der Waals surface area (Å²) < 4.78 is 4.86. The van der Waals surface area contributed by atoms with Crippen LogP contribution in [0.25, 0.3) is 11.3 Å². The van der Waals surface area contributed by atoms with Gasteiger partial charge >= 0.3 is 6.03 Å². The van der Waals surface area contributed by atoms with Crippen LogP contribution in [0.1, 0.15) is 30.9 Å². The van der Waals surface area contributed by atoms with Gasteiger partial charge in [-0.1, -0.05) is 17.3 Å². The number of aromatic amines is 1. The van der Waals surface area contributed by atoms with Crippen molar-refractivity contribution >= 4 is 11.7 Å². The number of hydrogen-bond donors (Lipinski definition) is 2. The summed E-state index contributed by atoms with van der Waals surface area (Å²) in [7, 11) is 0. The first-order valence-corrected chi connectivity index (χ1v) is 8.38. The van der Waals surface area contributed by atoms with Crippen LogP contribution < -0.4 is 5.32 Å². The molecule has 1 unspecified atom stereocenters. The largest absolute Gasteiger partial charge is 0.364 e. The zero-order chi connectivity index (χ0) is 17.1. The topological polar surface area (TPSA) is 87.1 Å². The maximum atomic E-state index is 12.7. The highest BCUT2D eigenvalue weighted by Crippen LogP contribution is 2.31. The highest BCUT2D eigenvalue weighted by atomic mass is 16.5. The third-order valence-corrected chi connectivity index (χ3v) is 4.54. The molecule has 0 saturated carbocycles. The monoisotopic (exact) mass is 337 g/mol. The average molecular weight is 337 g/mol. The van der Waals surface area contributed by atoms with Gasteiger partial charge in [0.25, 0.3) is 0 Å². The normalized spacial score (nSPS) is 17.4. The first kappa shape index (κ1) is 15.4. The molecule has 2 aromatic heterocycles. The lowest BCUT2D eigenvalue weighted by Crippen LogP contribution is -2.41. The average Bonchev–Trinajstić information content (AvgIpc) is 3.36. The quantitative estimate of drug-likeness (QED) is 0.760. The molecule has 0 aliphatic carbocycles. The SMILES string of the molecule is O=C(Nc1ccc(-c2ccon2)cc1)N1CCCCC1c1cn[nH]c1. The van der Waals surface area contributed by atoms with Crippen molar-refractivity contribution in [3.05, 3.63) is 54.6 Å². The van der Waals surface area contributed by atoms with Gasteiger partial charge in [0, 0.05) is 35.6 Å². The Morgan fingerprint density at radius 2 is 2.12 bits per heavy atom. The van der Waals surface area contributed by atoms with E-state index in [9.17, 15) is 4.79 Å². The Morgan fingerprint density at radius 3 is 2.84 bits per heavy atom. The summed E-state index contributed by atoms with van der Waals surface area (Å²) in [5.74, 6) is 0. The van der Waals surface area contributed by atoms with Crippen molar-refractivity contribution in [2.24, 2.45) is 0 Å². The Balaban J connectivity index is 1.47. The Morgan fingerprint density at radius 1 is 1.24 bits per heavy atom. The Kier molecular flexibility index (Phi) is 4.20. The number of carbonyl (C=O) groups is 1. The lowest BCUT2D eigenvalue weighted by Gasteiger charge is -2.35. The van der Waals surface area contributed by atoms with Crippen LogP contribution in [0.4, 0.5) is 10.5 Å². The van der Waals surface area contributed by atoms with Crippen LogP contribution >= 0.6 is 0 Å². The Hall–Kier alpha value is -3.09. The summed E-state index contributed by atoms with van der Waals surface area (Å²) in [4.78, 5) is 14.6. The second-order valence-electron chi connectivity index (χ2n) is 6.13. The molecule has 0 radical (unpaired) electrons. The lowest BCUT2D eigenvalue weighted by atomic mass is 9.98. The van der Waals surface area contributed by atoms with E-state index in [0.29, 0.717) is 0 Å². The number of aromatic nitrogens is 3. The number of amides is 2. The standard InChI is InChI=1S/C18H19N5O2/c24-18(23-9-2-1-3-17(23)14-11-19-20-12-14)21-15-6-4-13(5-7-15)16-8-10-25-22-16/h4-8,10-12,17H,1-3,9H2,(H,19,20)(H,21,24). The molecule has 2 amide bonds. The third-order valence-electron chi connectivity index (χ3n) is 4.54. The summed E-state index contributed by atoms with van der Waals surface area (Å²) in [5, 5.41) is 13.7. The van der Waals surface area contributed by atoms with E-state index < -0.39 is 0 Å². The molecule has 1 atom stereocenters. The van der Waals surface area contributed by atoms with E-state index >= 15 is 0 Å². The van der Waals surface area contributed by atoms with Gasteiger partial charge in [-0.3, -0.25) is 5.10 Å². The molecule has 0 spiro atoms. The number of carbonyl (C=O) groups excluding carboxylic acids is 1. The smallest absolute Gasteiger partial charge is 0.322 e. The van der Waals surface area contributed by atoms with Crippen molar-refractivity contribution in [1.29, 1.82) is 0 Å². The molecule has 4 rings (SSSR count). The Bertz CT molecular complexity index is 812. The molecule has 1 saturated heterocycles. The number of benzene rings is 1. The number of H-pyrrole nitrogens is 1. The second kappa shape index (κ2) is 6.80. The molecule has 0 bridgehead atoms. The number of piperidine rings is 1. The second-order valence-corrected chi connectivity index (χ2v) is 6.13. The van der Waals surface area contributed by atoms with Crippen molar-refractivity contribution in [1.82, 2.24) is 20.3 Å². The fourth-order valence-corrected chi connectivity index (χ4v) is 3.25. The highest BCUT2D eigenvalue weighted by molar-refractivity contribution is 5.90. The molecular weight excluding hydrogens is 318 g/mol. The van der Waals surface area contributed by atoms with E-state index in [2.05, 4.69) is 20.7 Å². The molecule has 7 nitrogen and oxygen atoms in total. The fourth-order valence-electron chi connectivity index (χ4n) is 3.25. The lowest BCUT2D eigenvalue weighted by molar-refractivity contribution is 0.163. The minimum absolute atomic E-state index is 0.0712. The molecule has 3 aromatic rings. The third kappa shape index (κ3) is 3.26. The molecule has 128 valence electrons. The highest BCUT2D eigenvalue weighted by Gasteiger charge is 2.28. The number of nitrogens with one attached hydrogen (secondary N) is 2. The predicted molar refractivity (Wildman–Crippen MR) is 92.8 cm³/mol. The van der Waals surface area contributed by atoms with Gasteiger partial charge in [-0.15, -0.1) is 0 Å². The van der Waals surface area contributed by atoms with Crippen molar-refractivity contribution in [2.75, 3.05) is 11.9 Å². The minimum Gasteiger partial charge on any atom is -0.364 e. The maximum Gasteiger partial charge on any atom is 0.322 e. The molecular formula is C18H19N5O2. The number of hydrogen-bond acceptors (Lipinski definition) is 4. The van der Waals surface area contributed by atoms with Gasteiger partial charge < -0.3 is 14.7 Å². The first-order chi connectivity index (χ1) is 12.3. The van der Waals surface area contributed by atoms with Gasteiger partial charge in [0.1, 0.15) is 12.0 Å². The molecule has 2 N–H and O–H groups in total. The molecule has 7 heteroatoms. The zero-order valence-electron chi connectivity index (χ0n) is 13.7. The number of nitrogens with zero attached hydrogens (tertiary/aromatic N) is 3. The van der Waals surface area contributed by atoms with Gasteiger partial charge in [0.05, 0.1) is 12.2 Å². The van der Waals surface area contributed by atoms with Crippen LogP contribution in [0.15, 0.2) is 53.5 Å². The summed E-state index contributed by atoms with van der Waals surface area (Å²) in [6.45, 7) is 0.749. The predicted octanol–water partition coefficient (Wildman–Crippen LogP) is 3.82. The van der Waals surface area contributed by atoms with Crippen LogP contribution in [0.2, 0.25) is 0 Å². The maximum absolute atomic E-state index is 12.7. The number of urea groups is 1. The van der Waals surface area contributed by atoms with E-state index in [-0.39, 0.29) is 12.1 Å². The number of rotatable bonds is 3. The van der Waals surface area contributed by atoms with Crippen molar-refractivity contribution in [2.45, 2.75) is 25.3 Å². The van der Waals surface area contributed by atoms with E-state index in [1.165, 1.54) is 6.26 Å². The van der Waals surface area contributed by atoms with E-state index in [1.54, 1.807) is 12.3 Å². The number of likely N-dealkylation sites (tertiary alicyclic amines) is 1. The van der Waals surface area contributed by atoms with Crippen molar-refractivity contribution < 1.29 is 9.32 Å². The summed E-state index contributed by atoms with van der Waals surface area (Å²) in [5.41, 5.74) is 3.53. The minimum atomic E-state index is -0.0833. The van der Waals surface area contributed by atoms with E-state index in [4.69, 9.17) is 4.52 Å². The molecule has 1 aliphatic heterocycles. The van der Waals surface area contributed by atoms with E-state index in [0.717, 1.165) is 48.3 Å². The summed E-state index contributed by atoms with van der Waals surface area (Å²) in [6, 6.07) is 9.37. The molecule has 25 heavy (non-hydrogen) atoms. The van der Waals surface area contributed by atoms with Gasteiger partial charge in [-0.25, -0.2) is 4.79 Å². The van der Waals surface area contributed by atoms with Crippen LogP contribution in [0, 0.1) is 0 Å². The van der Waals surface area contributed by atoms with Gasteiger partial charge in [-0.2, -0.15) is 5.10 Å². The van der Waals surface area contributed by atoms with Crippen LogP contribution in [0.3, 0.4) is 0 Å². The molecule has 1 aromatic carbocycles. The zero-order valence-corrected chi connectivity index (χ0v) is 13.7.